The van der Waals surface area contributed by atoms with Gasteiger partial charge >= 0.3 is 0 Å². The van der Waals surface area contributed by atoms with E-state index in [9.17, 15) is 0 Å². The molecule has 3 rings (SSSR count). The highest BCUT2D eigenvalue weighted by molar-refractivity contribution is 5.33. The third-order valence-corrected chi connectivity index (χ3v) is 4.32. The van der Waals surface area contributed by atoms with Gasteiger partial charge in [-0.05, 0) is 55.7 Å². The molecule has 2 unspecified atom stereocenters. The van der Waals surface area contributed by atoms with Crippen molar-refractivity contribution in [2.75, 3.05) is 13.2 Å². The van der Waals surface area contributed by atoms with E-state index in [1.807, 2.05) is 0 Å². The summed E-state index contributed by atoms with van der Waals surface area (Å²) in [7, 11) is 0. The fraction of sp³-hybridized carbons (Fsp3) is 0.647. The molecule has 0 spiro atoms. The number of fused-ring (bicyclic) bond motifs is 1. The minimum Gasteiger partial charge on any atom is -0.376 e. The lowest BCUT2D eigenvalue weighted by Gasteiger charge is -2.34. The monoisotopic (exact) mass is 259 g/mol. The second-order valence-corrected chi connectivity index (χ2v) is 5.98. The topological polar surface area (TPSA) is 21.3 Å². The van der Waals surface area contributed by atoms with E-state index in [4.69, 9.17) is 4.74 Å². The molecule has 19 heavy (non-hydrogen) atoms. The number of rotatable bonds is 6. The molecule has 1 saturated carbocycles. The maximum Gasteiger partial charge on any atom is 0.0773 e. The molecule has 1 N–H and O–H groups in total. The van der Waals surface area contributed by atoms with Crippen LogP contribution in [0.2, 0.25) is 0 Å². The van der Waals surface area contributed by atoms with Crippen LogP contribution in [-0.4, -0.2) is 19.3 Å². The molecular weight excluding hydrogens is 234 g/mol. The van der Waals surface area contributed by atoms with Crippen LogP contribution in [0, 0.1) is 5.92 Å². The fourth-order valence-corrected chi connectivity index (χ4v) is 2.99. The van der Waals surface area contributed by atoms with E-state index in [0.29, 0.717) is 12.1 Å². The van der Waals surface area contributed by atoms with Gasteiger partial charge in [-0.3, -0.25) is 0 Å². The first-order valence-electron chi connectivity index (χ1n) is 7.81. The molecule has 2 heteroatoms. The zero-order valence-electron chi connectivity index (χ0n) is 11.9. The van der Waals surface area contributed by atoms with Gasteiger partial charge in [-0.15, -0.1) is 0 Å². The van der Waals surface area contributed by atoms with Gasteiger partial charge in [0.25, 0.3) is 0 Å². The van der Waals surface area contributed by atoms with Crippen LogP contribution in [0.4, 0.5) is 0 Å². The molecule has 0 heterocycles. The molecule has 1 aromatic carbocycles. The first-order chi connectivity index (χ1) is 9.38. The quantitative estimate of drug-likeness (QED) is 0.844. The van der Waals surface area contributed by atoms with Crippen molar-refractivity contribution in [2.24, 2.45) is 5.92 Å². The maximum absolute atomic E-state index is 6.21. The van der Waals surface area contributed by atoms with Crippen LogP contribution in [-0.2, 0) is 11.2 Å². The van der Waals surface area contributed by atoms with Gasteiger partial charge < -0.3 is 10.1 Å². The minimum atomic E-state index is 0.363. The Bertz CT molecular complexity index is 413. The van der Waals surface area contributed by atoms with Crippen molar-refractivity contribution >= 4 is 0 Å². The van der Waals surface area contributed by atoms with Crippen molar-refractivity contribution in [2.45, 2.75) is 51.2 Å². The van der Waals surface area contributed by atoms with E-state index in [-0.39, 0.29) is 0 Å². The van der Waals surface area contributed by atoms with Crippen LogP contribution in [0.25, 0.3) is 0 Å². The molecule has 1 fully saturated rings. The van der Waals surface area contributed by atoms with E-state index in [0.717, 1.165) is 31.9 Å². The summed E-state index contributed by atoms with van der Waals surface area (Å²) >= 11 is 0. The smallest absolute Gasteiger partial charge is 0.0773 e. The van der Waals surface area contributed by atoms with Crippen molar-refractivity contribution in [1.82, 2.24) is 5.32 Å². The number of ether oxygens (including phenoxy) is 1. The highest BCUT2D eigenvalue weighted by Crippen LogP contribution is 2.35. The lowest BCUT2D eigenvalue weighted by Crippen LogP contribution is -2.38. The number of hydrogen-bond acceptors (Lipinski definition) is 2. The van der Waals surface area contributed by atoms with Gasteiger partial charge in [0.15, 0.2) is 0 Å². The molecule has 0 aliphatic heterocycles. The van der Waals surface area contributed by atoms with Crippen molar-refractivity contribution in [3.63, 3.8) is 0 Å². The number of hydrogen-bond donors (Lipinski definition) is 1. The number of nitrogens with one attached hydrogen (secondary N) is 1. The largest absolute Gasteiger partial charge is 0.376 e. The van der Waals surface area contributed by atoms with Crippen LogP contribution in [0.1, 0.15) is 49.8 Å². The third-order valence-electron chi connectivity index (χ3n) is 4.32. The summed E-state index contributed by atoms with van der Waals surface area (Å²) in [4.78, 5) is 0. The Hall–Kier alpha value is -0.860. The molecule has 0 radical (unpaired) electrons. The van der Waals surface area contributed by atoms with Crippen LogP contribution in [0.5, 0.6) is 0 Å². The van der Waals surface area contributed by atoms with Gasteiger partial charge in [0, 0.05) is 6.61 Å². The highest BCUT2D eigenvalue weighted by atomic mass is 16.5. The molecular formula is C17H25NO. The van der Waals surface area contributed by atoms with Crippen molar-refractivity contribution in [1.29, 1.82) is 0 Å². The van der Waals surface area contributed by atoms with E-state index in [1.54, 1.807) is 0 Å². The fourth-order valence-electron chi connectivity index (χ4n) is 2.99. The van der Waals surface area contributed by atoms with Gasteiger partial charge in [0.05, 0.1) is 12.1 Å². The standard InChI is InChI=1S/C17H25NO/c1-2-11-18-17-15-6-4-3-5-14(15)9-10-16(17)19-12-13-7-8-13/h3-6,13,16-18H,2,7-12H2,1H3. The molecule has 2 nitrogen and oxygen atoms in total. The Morgan fingerprint density at radius 1 is 1.21 bits per heavy atom. The van der Waals surface area contributed by atoms with Crippen LogP contribution >= 0.6 is 0 Å². The zero-order chi connectivity index (χ0) is 13.1. The zero-order valence-corrected chi connectivity index (χ0v) is 11.9. The first kappa shape index (κ1) is 13.1. The van der Waals surface area contributed by atoms with E-state index in [2.05, 4.69) is 36.5 Å². The SMILES string of the molecule is CCCNC1c2ccccc2CCC1OCC1CC1. The second-order valence-electron chi connectivity index (χ2n) is 5.98. The van der Waals surface area contributed by atoms with Gasteiger partial charge in [0.2, 0.25) is 0 Å². The molecule has 2 atom stereocenters. The van der Waals surface area contributed by atoms with Gasteiger partial charge in [0.1, 0.15) is 0 Å². The first-order valence-corrected chi connectivity index (χ1v) is 7.81. The summed E-state index contributed by atoms with van der Waals surface area (Å²) in [5.41, 5.74) is 2.96. The van der Waals surface area contributed by atoms with Gasteiger partial charge in [-0.1, -0.05) is 31.2 Å². The molecule has 2 aliphatic carbocycles. The van der Waals surface area contributed by atoms with Gasteiger partial charge in [-0.25, -0.2) is 0 Å². The summed E-state index contributed by atoms with van der Waals surface area (Å²) in [5, 5.41) is 3.70. The molecule has 104 valence electrons. The third kappa shape index (κ3) is 3.18. The molecule has 0 amide bonds. The molecule has 0 bridgehead atoms. The summed E-state index contributed by atoms with van der Waals surface area (Å²) in [5.74, 6) is 0.851. The van der Waals surface area contributed by atoms with Crippen molar-refractivity contribution in [3.8, 4) is 0 Å². The Morgan fingerprint density at radius 2 is 2.05 bits per heavy atom. The van der Waals surface area contributed by atoms with E-state index < -0.39 is 0 Å². The average molecular weight is 259 g/mol. The Kier molecular flexibility index (Phi) is 4.19. The predicted molar refractivity (Wildman–Crippen MR) is 78.3 cm³/mol. The van der Waals surface area contributed by atoms with Crippen LogP contribution in [0.15, 0.2) is 24.3 Å². The van der Waals surface area contributed by atoms with Crippen molar-refractivity contribution in [3.05, 3.63) is 35.4 Å². The summed E-state index contributed by atoms with van der Waals surface area (Å²) in [6.45, 7) is 4.27. The van der Waals surface area contributed by atoms with Crippen LogP contribution < -0.4 is 5.32 Å². The predicted octanol–water partition coefficient (Wildman–Crippen LogP) is 3.47. The lowest BCUT2D eigenvalue weighted by molar-refractivity contribution is 0.00976. The van der Waals surface area contributed by atoms with Crippen LogP contribution in [0.3, 0.4) is 0 Å². The Labute approximate surface area is 116 Å². The van der Waals surface area contributed by atoms with E-state index in [1.165, 1.54) is 30.4 Å². The Balaban J connectivity index is 1.72. The average Bonchev–Trinajstić information content (AvgIpc) is 3.27. The highest BCUT2D eigenvalue weighted by Gasteiger charge is 2.31. The molecule has 0 saturated heterocycles. The lowest BCUT2D eigenvalue weighted by atomic mass is 9.85. The molecule has 0 aromatic heterocycles. The Morgan fingerprint density at radius 3 is 2.84 bits per heavy atom. The van der Waals surface area contributed by atoms with Crippen molar-refractivity contribution < 1.29 is 4.74 Å². The summed E-state index contributed by atoms with van der Waals surface area (Å²) < 4.78 is 6.21. The molecule has 2 aliphatic rings. The summed E-state index contributed by atoms with van der Waals surface area (Å²) in [6, 6.07) is 9.25. The van der Waals surface area contributed by atoms with Gasteiger partial charge in [-0.2, -0.15) is 0 Å². The summed E-state index contributed by atoms with van der Waals surface area (Å²) in [6.07, 6.45) is 6.60. The maximum atomic E-state index is 6.21. The number of aryl methyl sites for hydroxylation is 1. The minimum absolute atomic E-state index is 0.363. The molecule has 1 aromatic rings. The second kappa shape index (κ2) is 6.06. The van der Waals surface area contributed by atoms with E-state index >= 15 is 0 Å². The number of benzene rings is 1. The normalized spacial score (nSPS) is 26.2.